The Morgan fingerprint density at radius 3 is 1.35 bits per heavy atom. The number of carbonyl (C=O) groups is 4. The molecule has 0 aliphatic carbocycles. The zero-order valence-electron chi connectivity index (χ0n) is 79.1. The highest BCUT2D eigenvalue weighted by molar-refractivity contribution is 14.1. The average Bonchev–Trinajstić information content (AvgIpc) is 0.773. The van der Waals surface area contributed by atoms with Crippen LogP contribution in [-0.4, -0.2) is 173 Å². The Bertz CT molecular complexity index is 5840. The van der Waals surface area contributed by atoms with Crippen LogP contribution >= 0.6 is 70.6 Å². The van der Waals surface area contributed by atoms with Gasteiger partial charge in [-0.25, -0.2) is 14.4 Å². The van der Waals surface area contributed by atoms with Crippen LogP contribution in [-0.2, 0) is 81.6 Å². The summed E-state index contributed by atoms with van der Waals surface area (Å²) in [7, 11) is 0. The molecule has 0 radical (unpaired) electrons. The second-order valence-electron chi connectivity index (χ2n) is 32.9. The van der Waals surface area contributed by atoms with Crippen LogP contribution < -0.4 is 65.9 Å². The Morgan fingerprint density at radius 2 is 0.894 bits per heavy atom. The second-order valence-corrected chi connectivity index (χ2v) is 36.3. The molecule has 0 spiro atoms. The van der Waals surface area contributed by atoms with Crippen molar-refractivity contribution in [3.63, 3.8) is 0 Å². The van der Waals surface area contributed by atoms with E-state index < -0.39 is 56.4 Å². The minimum Gasteiger partial charge on any atom is -0.502 e. The Hall–Kier alpha value is -11.7. The largest absolute Gasteiger partial charge is 0.502 e. The molecular formula is C104H121Br3IN7O26. The van der Waals surface area contributed by atoms with Gasteiger partial charge in [-0.3, -0.25) is 29.8 Å². The molecule has 8 heterocycles. The van der Waals surface area contributed by atoms with Crippen LogP contribution in [0.2, 0.25) is 0 Å². The second kappa shape index (κ2) is 58.0. The molecule has 0 fully saturated rings. The SMILES string of the molecule is CC(=O)c1cc(Br)cc([N+](=O)[O-])c1O.CCCCc1cccc2c1O[C@@H](CO)CC2.CCOC(=O)C1CCc2cccc(NBr)c2O1.CCOC(=O)[C@H]1CCc2cccc(N)c2O1.CCOC(=O)c1cc(=O)c2cc(Br)cc([N+](=O)[O-])c2o1.NCC#Cc1cccc2c1O[C@@H](CO)CC2.NCCCc1cccc2c1O[C@@H](CO)CC2.Nc1cccc2c1O[C@@H](CO)CC2.OC[C@H]1CCc2cccc(I)c2O1. The lowest BCUT2D eigenvalue weighted by atomic mass is 9.97. The van der Waals surface area contributed by atoms with E-state index in [-0.39, 0.29) is 104 Å². The van der Waals surface area contributed by atoms with Crippen molar-refractivity contribution >= 4 is 134 Å². The van der Waals surface area contributed by atoms with Gasteiger partial charge in [0.2, 0.25) is 17.1 Å². The van der Waals surface area contributed by atoms with Crippen molar-refractivity contribution in [2.45, 2.75) is 199 Å². The Kier molecular flexibility index (Phi) is 46.5. The number of anilines is 3. The van der Waals surface area contributed by atoms with Crippen molar-refractivity contribution in [2.75, 3.05) is 81.8 Å². The first-order valence-corrected chi connectivity index (χ1v) is 50.0. The summed E-state index contributed by atoms with van der Waals surface area (Å²) in [6.45, 7) is 10.9. The van der Waals surface area contributed by atoms with Crippen LogP contribution in [0.25, 0.3) is 11.0 Å². The van der Waals surface area contributed by atoms with E-state index in [9.17, 15) is 49.3 Å². The number of para-hydroxylation sites is 7. The number of hydrogen-bond donors (Lipinski definition) is 11. The lowest BCUT2D eigenvalue weighted by molar-refractivity contribution is -0.386. The number of nitrogen functional groups attached to an aromatic ring is 2. The fourth-order valence-corrected chi connectivity index (χ4v) is 17.6. The molecule has 756 valence electrons. The summed E-state index contributed by atoms with van der Waals surface area (Å²) in [5, 5.41) is 76.2. The summed E-state index contributed by atoms with van der Waals surface area (Å²) >= 11 is 11.5. The van der Waals surface area contributed by atoms with Gasteiger partial charge in [0.1, 0.15) is 70.8 Å². The third-order valence-corrected chi connectivity index (χ3v) is 25.1. The monoisotopic (exact) mass is 2250 g/mol. The van der Waals surface area contributed by atoms with E-state index in [2.05, 4.69) is 136 Å². The highest BCUT2D eigenvalue weighted by atomic mass is 127. The molecule has 17 rings (SSSR count). The van der Waals surface area contributed by atoms with E-state index in [1.807, 2.05) is 78.9 Å². The van der Waals surface area contributed by atoms with Gasteiger partial charge >= 0.3 is 29.3 Å². The third kappa shape index (κ3) is 32.7. The van der Waals surface area contributed by atoms with Gasteiger partial charge in [0, 0.05) is 43.3 Å². The number of carbonyl (C=O) groups excluding carboxylic acids is 4. The van der Waals surface area contributed by atoms with E-state index in [1.165, 1.54) is 65.8 Å². The van der Waals surface area contributed by atoms with Crippen molar-refractivity contribution in [1.82, 2.24) is 0 Å². The topological polar surface area (TPSA) is 515 Å². The molecule has 37 heteroatoms. The number of Topliss-reactive ketones (excluding diaryl/α,β-unsaturated/α-hetero) is 1. The zero-order valence-corrected chi connectivity index (χ0v) is 86.0. The summed E-state index contributed by atoms with van der Waals surface area (Å²) < 4.78 is 64.4. The van der Waals surface area contributed by atoms with Gasteiger partial charge in [0.15, 0.2) is 23.4 Å². The number of nitrogens with one attached hydrogen (secondary N) is 1. The van der Waals surface area contributed by atoms with Crippen molar-refractivity contribution in [2.24, 2.45) is 11.5 Å². The number of halogens is 4. The molecule has 15 N–H and O–H groups in total. The van der Waals surface area contributed by atoms with Crippen molar-refractivity contribution in [3.05, 3.63) is 268 Å². The summed E-state index contributed by atoms with van der Waals surface area (Å²) in [6, 6.07) is 48.0. The molecule has 0 bridgehead atoms. The number of fused-ring (bicyclic) bond motifs is 8. The number of aryl methyl sites for hydroxylation is 9. The van der Waals surface area contributed by atoms with Gasteiger partial charge in [-0.2, -0.15) is 0 Å². The fraction of sp³-hybridized carbons (Fsp3) is 0.394. The van der Waals surface area contributed by atoms with Crippen LogP contribution in [0.5, 0.6) is 46.0 Å². The van der Waals surface area contributed by atoms with E-state index >= 15 is 0 Å². The number of hydrogen-bond acceptors (Lipinski definition) is 31. The highest BCUT2D eigenvalue weighted by Crippen LogP contribution is 2.42. The highest BCUT2D eigenvalue weighted by Gasteiger charge is 2.33. The number of phenolic OH excluding ortho intramolecular Hbond substituents is 1. The number of non-ortho nitro benzene ring substituents is 1. The molecule has 7 aliphatic heterocycles. The van der Waals surface area contributed by atoms with Crippen molar-refractivity contribution in [3.8, 4) is 57.8 Å². The summed E-state index contributed by atoms with van der Waals surface area (Å²) in [5.41, 5.74) is 34.4. The Morgan fingerprint density at radius 1 is 0.496 bits per heavy atom. The summed E-state index contributed by atoms with van der Waals surface area (Å²) in [5.74, 6) is 8.92. The van der Waals surface area contributed by atoms with Gasteiger partial charge in [0.25, 0.3) is 0 Å². The van der Waals surface area contributed by atoms with E-state index in [0.717, 1.165) is 180 Å². The number of aliphatic hydroxyl groups excluding tert-OH is 5. The number of nitrogens with zero attached hydrogens (tertiary/aromatic N) is 2. The normalized spacial score (nSPS) is 16.9. The predicted molar refractivity (Wildman–Crippen MR) is 554 cm³/mol. The van der Waals surface area contributed by atoms with Crippen LogP contribution in [0, 0.1) is 35.6 Å². The van der Waals surface area contributed by atoms with Crippen molar-refractivity contribution < 1.29 is 111 Å². The number of aliphatic hydroxyl groups is 5. The van der Waals surface area contributed by atoms with Gasteiger partial charge in [-0.05, 0) is 265 Å². The minimum atomic E-state index is -0.844. The summed E-state index contributed by atoms with van der Waals surface area (Å²) in [4.78, 5) is 77.6. The number of ketones is 1. The fourth-order valence-electron chi connectivity index (χ4n) is 15.7. The molecule has 9 aromatic carbocycles. The van der Waals surface area contributed by atoms with Crippen LogP contribution in [0.4, 0.5) is 28.4 Å². The van der Waals surface area contributed by atoms with E-state index in [4.69, 9.17) is 100 Å². The number of nitro groups is 2. The van der Waals surface area contributed by atoms with Crippen molar-refractivity contribution in [1.29, 1.82) is 0 Å². The molecule has 0 saturated heterocycles. The molecule has 0 amide bonds. The number of benzene rings is 9. The standard InChI is InChI=1S/C14H20O2.C13H19NO2.C13H15NO2.C12H8BrNO6.C12H14BrNO3.C12H15NO3.C10H11IO2.C10H13NO2.C8H6BrNO4/c1-2-3-5-11-6-4-7-12-8-9-13(10-15)16-14(11)12;2*14-8-2-5-10-3-1-4-11-6-7-12(9-15)16-13(10)11;1-2-19-12(16)10-5-9(15)7-3-6(13)4-8(14(17)18)11(7)20-10;1-2-16-12(15)10-7-6-8-4-3-5-9(14-13)11(8)17-10;1-2-15-12(14)10-7-6-8-4-3-5-9(13)11(8)16-10;2*11-9-3-1-2-7-4-5-8(6-12)13-10(7)9;1-4(11)6-2-5(9)3-7(8(6)12)10(13)14/h4,6-7,13,15H,2-3,5,8-10H2,1H3;1,3-4,12,15H,2,5-9,14H2;1,3-4,12,15H,6-9,14H2;3-5H,2H2,1H3;3-5,10,14H,2,6-7H2,1H3;3-5,10H,2,6-7,13H2,1H3;1-3,8,12H,4-6H2;1-3,8,12H,4-6,11H2;2-3,12H,1H3/t13-;2*12-;;;10-;2*8-;/m111..111./s1. The molecule has 141 heavy (non-hydrogen) atoms. The minimum absolute atomic E-state index is 0.00437. The number of unbranched alkanes of at least 4 members (excludes halogenated alkanes) is 1. The number of aromatic hydroxyl groups is 1. The number of phenols is 1. The predicted octanol–water partition coefficient (Wildman–Crippen LogP) is 16.7. The average molecular weight is 2250 g/mol. The molecule has 7 aliphatic rings. The number of ether oxygens (including phenoxy) is 10. The van der Waals surface area contributed by atoms with Crippen LogP contribution in [0.15, 0.2) is 176 Å². The number of nitro benzene ring substituents is 2. The molecular weight excluding hydrogens is 2130 g/mol. The Labute approximate surface area is 857 Å². The Balaban J connectivity index is 0.000000178. The van der Waals surface area contributed by atoms with E-state index in [1.54, 1.807) is 26.8 Å². The van der Waals surface area contributed by atoms with Crippen LogP contribution in [0.1, 0.15) is 175 Å². The molecule has 0 saturated carbocycles. The third-order valence-electron chi connectivity index (χ3n) is 22.9. The summed E-state index contributed by atoms with van der Waals surface area (Å²) in [6.07, 6.45) is 16.5. The molecule has 1 unspecified atom stereocenters. The maximum atomic E-state index is 11.9. The van der Waals surface area contributed by atoms with Gasteiger partial charge in [-0.15, -0.1) is 0 Å². The maximum absolute atomic E-state index is 11.9. The molecule has 7 atom stereocenters. The number of rotatable bonds is 21. The molecule has 33 nitrogen and oxygen atoms in total. The number of esters is 3. The molecule has 1 aromatic heterocycles. The first kappa shape index (κ1) is 113. The van der Waals surface area contributed by atoms with Gasteiger partial charge in [-0.1, -0.05) is 154 Å². The van der Waals surface area contributed by atoms with E-state index in [0.29, 0.717) is 65.2 Å². The maximum Gasteiger partial charge on any atom is 0.374 e. The zero-order chi connectivity index (χ0) is 102. The first-order chi connectivity index (χ1) is 68.0. The van der Waals surface area contributed by atoms with Crippen LogP contribution in [0.3, 0.4) is 0 Å². The quantitative estimate of drug-likeness (QED) is 0.00366. The lowest BCUT2D eigenvalue weighted by Gasteiger charge is -2.26. The van der Waals surface area contributed by atoms with Gasteiger partial charge < -0.3 is 110 Å². The first-order valence-electron chi connectivity index (χ1n) is 46.6. The smallest absolute Gasteiger partial charge is 0.374 e. The number of nitrogens with two attached hydrogens (primary N) is 4. The van der Waals surface area contributed by atoms with Gasteiger partial charge in [0.05, 0.1) is 106 Å². The molecule has 10 aromatic rings. The lowest BCUT2D eigenvalue weighted by Crippen LogP contribution is -2.33.